The molecular formula is C18H14ClF2N3O4S2. The Labute approximate surface area is 179 Å². The first kappa shape index (κ1) is 21.9. The van der Waals surface area contributed by atoms with Crippen LogP contribution in [-0.4, -0.2) is 24.6 Å². The molecule has 0 spiro atoms. The predicted molar refractivity (Wildman–Crippen MR) is 110 cm³/mol. The van der Waals surface area contributed by atoms with Crippen LogP contribution in [0.25, 0.3) is 0 Å². The maximum atomic E-state index is 14.7. The van der Waals surface area contributed by atoms with Crippen molar-refractivity contribution in [2.75, 3.05) is 9.62 Å². The number of halogens is 3. The van der Waals surface area contributed by atoms with Crippen molar-refractivity contribution >= 4 is 50.6 Å². The summed E-state index contributed by atoms with van der Waals surface area (Å²) in [6.45, 7) is 1.62. The van der Waals surface area contributed by atoms with Gasteiger partial charge in [-0.15, -0.1) is 15.6 Å². The van der Waals surface area contributed by atoms with Gasteiger partial charge in [0.1, 0.15) is 16.5 Å². The number of nitrogens with one attached hydrogen (secondary N) is 1. The highest BCUT2D eigenvalue weighted by Gasteiger charge is 2.35. The molecule has 0 unspecified atom stereocenters. The van der Waals surface area contributed by atoms with E-state index < -0.39 is 44.5 Å². The first-order valence-corrected chi connectivity index (χ1v) is 11.1. The number of rotatable bonds is 6. The molecular weight excluding hydrogens is 460 g/mol. The van der Waals surface area contributed by atoms with E-state index in [-0.39, 0.29) is 15.0 Å². The number of carboxylic acid groups (broad SMARTS) is 1. The normalized spacial score (nSPS) is 12.4. The number of benzene rings is 2. The minimum Gasteiger partial charge on any atom is -0.464 e. The van der Waals surface area contributed by atoms with Crippen molar-refractivity contribution in [2.24, 2.45) is 0 Å². The summed E-state index contributed by atoms with van der Waals surface area (Å²) >= 11 is 7.09. The number of aromatic nitrogens is 1. The number of carbonyl (C=O) groups is 1. The number of anilines is 2. The Balaban J connectivity index is 1.98. The van der Waals surface area contributed by atoms with Gasteiger partial charge in [-0.25, -0.2) is 27.0 Å². The molecule has 0 fully saturated rings. The molecule has 1 heterocycles. The minimum absolute atomic E-state index is 0.0133. The molecule has 1 amide bonds. The van der Waals surface area contributed by atoms with Gasteiger partial charge >= 0.3 is 6.09 Å². The third-order valence-electron chi connectivity index (χ3n) is 4.08. The fourth-order valence-electron chi connectivity index (χ4n) is 2.70. The standard InChI is InChI=1S/C18H14ClF2N3O4S2/c1-10(11-4-2-3-5-13(11)20)23-15-7-14(21)16(6-12(15)19)30(27,28)24(18(25)26)17-8-29-9-22-17/h2-10,23H,1H3,(H,25,26)/t10-/m0/s1. The average Bonchev–Trinajstić information content (AvgIpc) is 3.17. The predicted octanol–water partition coefficient (Wildman–Crippen LogP) is 5.12. The number of sulfonamides is 1. The molecule has 0 aliphatic carbocycles. The molecule has 2 N–H and O–H groups in total. The molecule has 2 aromatic carbocycles. The molecule has 0 saturated carbocycles. The molecule has 3 rings (SSSR count). The van der Waals surface area contributed by atoms with Crippen LogP contribution >= 0.6 is 22.9 Å². The van der Waals surface area contributed by atoms with Crippen LogP contribution in [0.15, 0.2) is 52.2 Å². The van der Waals surface area contributed by atoms with Gasteiger partial charge in [-0.3, -0.25) is 0 Å². The summed E-state index contributed by atoms with van der Waals surface area (Å²) in [5.41, 5.74) is 1.55. The van der Waals surface area contributed by atoms with Gasteiger partial charge in [-0.1, -0.05) is 29.8 Å². The molecule has 0 radical (unpaired) electrons. The zero-order valence-electron chi connectivity index (χ0n) is 15.2. The topological polar surface area (TPSA) is 99.6 Å². The molecule has 1 atom stereocenters. The zero-order valence-corrected chi connectivity index (χ0v) is 17.6. The summed E-state index contributed by atoms with van der Waals surface area (Å²) < 4.78 is 54.2. The van der Waals surface area contributed by atoms with Crippen molar-refractivity contribution < 1.29 is 27.1 Å². The van der Waals surface area contributed by atoms with Crippen LogP contribution in [0, 0.1) is 11.6 Å². The Bertz CT molecular complexity index is 1190. The summed E-state index contributed by atoms with van der Waals surface area (Å²) in [7, 11) is -4.85. The van der Waals surface area contributed by atoms with Crippen LogP contribution in [0.4, 0.5) is 25.1 Å². The Morgan fingerprint density at radius 1 is 1.27 bits per heavy atom. The Hall–Kier alpha value is -2.76. The van der Waals surface area contributed by atoms with E-state index in [2.05, 4.69) is 10.3 Å². The maximum absolute atomic E-state index is 14.7. The smallest absolute Gasteiger partial charge is 0.427 e. The highest BCUT2D eigenvalue weighted by atomic mass is 35.5. The summed E-state index contributed by atoms with van der Waals surface area (Å²) in [5, 5.41) is 13.2. The second-order valence-corrected chi connectivity index (χ2v) is 8.93. The molecule has 0 bridgehead atoms. The van der Waals surface area contributed by atoms with E-state index in [0.29, 0.717) is 5.56 Å². The first-order chi connectivity index (χ1) is 14.1. The summed E-state index contributed by atoms with van der Waals surface area (Å²) in [6.07, 6.45) is -1.85. The SMILES string of the molecule is C[C@H](Nc1cc(F)c(S(=O)(=O)N(C(=O)O)c2cscn2)cc1Cl)c1ccccc1F. The lowest BCUT2D eigenvalue weighted by molar-refractivity contribution is 0.206. The quantitative estimate of drug-likeness (QED) is 0.515. The number of thiazole rings is 1. The molecule has 1 aromatic heterocycles. The van der Waals surface area contributed by atoms with Crippen molar-refractivity contribution in [1.29, 1.82) is 0 Å². The van der Waals surface area contributed by atoms with Gasteiger partial charge in [0.05, 0.1) is 22.3 Å². The monoisotopic (exact) mass is 473 g/mol. The third kappa shape index (κ3) is 4.23. The summed E-state index contributed by atoms with van der Waals surface area (Å²) in [5.74, 6) is -2.10. The minimum atomic E-state index is -4.85. The van der Waals surface area contributed by atoms with E-state index >= 15 is 0 Å². The average molecular weight is 474 g/mol. The molecule has 30 heavy (non-hydrogen) atoms. The second kappa shape index (κ2) is 8.54. The Morgan fingerprint density at radius 2 is 1.97 bits per heavy atom. The molecule has 158 valence electrons. The largest absolute Gasteiger partial charge is 0.464 e. The molecule has 3 aromatic rings. The van der Waals surface area contributed by atoms with Gasteiger partial charge in [0.25, 0.3) is 10.0 Å². The van der Waals surface area contributed by atoms with Crippen LogP contribution in [0.2, 0.25) is 5.02 Å². The van der Waals surface area contributed by atoms with Crippen LogP contribution in [0.1, 0.15) is 18.5 Å². The Morgan fingerprint density at radius 3 is 2.57 bits per heavy atom. The number of amides is 1. The highest BCUT2D eigenvalue weighted by Crippen LogP contribution is 2.33. The van der Waals surface area contributed by atoms with Gasteiger partial charge in [0.2, 0.25) is 0 Å². The van der Waals surface area contributed by atoms with E-state index in [4.69, 9.17) is 11.6 Å². The van der Waals surface area contributed by atoms with Crippen LogP contribution in [0.5, 0.6) is 0 Å². The van der Waals surface area contributed by atoms with E-state index in [1.54, 1.807) is 13.0 Å². The van der Waals surface area contributed by atoms with Crippen molar-refractivity contribution in [3.63, 3.8) is 0 Å². The lowest BCUT2D eigenvalue weighted by Crippen LogP contribution is -2.36. The van der Waals surface area contributed by atoms with Gasteiger partial charge in [0.15, 0.2) is 5.82 Å². The van der Waals surface area contributed by atoms with Crippen molar-refractivity contribution in [3.8, 4) is 0 Å². The van der Waals surface area contributed by atoms with E-state index in [0.717, 1.165) is 23.5 Å². The van der Waals surface area contributed by atoms with Gasteiger partial charge in [-0.2, -0.15) is 0 Å². The van der Waals surface area contributed by atoms with E-state index in [1.165, 1.54) is 29.1 Å². The van der Waals surface area contributed by atoms with Crippen molar-refractivity contribution in [3.05, 3.63) is 69.5 Å². The number of nitrogens with zero attached hydrogens (tertiary/aromatic N) is 2. The van der Waals surface area contributed by atoms with Crippen LogP contribution in [-0.2, 0) is 10.0 Å². The van der Waals surface area contributed by atoms with Gasteiger partial charge < -0.3 is 10.4 Å². The molecule has 0 aliphatic rings. The number of hydrogen-bond acceptors (Lipinski definition) is 6. The summed E-state index contributed by atoms with van der Waals surface area (Å²) in [6, 6.07) is 6.95. The van der Waals surface area contributed by atoms with Gasteiger partial charge in [-0.05, 0) is 25.1 Å². The number of hydrogen-bond donors (Lipinski definition) is 2. The van der Waals surface area contributed by atoms with E-state index in [1.807, 2.05) is 0 Å². The second-order valence-electron chi connectivity index (χ2n) is 6.05. The zero-order chi connectivity index (χ0) is 22.1. The molecule has 12 heteroatoms. The first-order valence-electron chi connectivity index (χ1n) is 8.29. The van der Waals surface area contributed by atoms with Crippen molar-refractivity contribution in [1.82, 2.24) is 4.98 Å². The fourth-order valence-corrected chi connectivity index (χ4v) is 4.89. The highest BCUT2D eigenvalue weighted by molar-refractivity contribution is 7.93. The van der Waals surface area contributed by atoms with Crippen molar-refractivity contribution in [2.45, 2.75) is 17.9 Å². The maximum Gasteiger partial charge on any atom is 0.427 e. The fraction of sp³-hybridized carbons (Fsp3) is 0.111. The molecule has 0 saturated heterocycles. The van der Waals surface area contributed by atoms with E-state index in [9.17, 15) is 27.1 Å². The molecule has 7 nitrogen and oxygen atoms in total. The third-order valence-corrected chi connectivity index (χ3v) is 6.66. The van der Waals surface area contributed by atoms with Crippen LogP contribution < -0.4 is 9.62 Å². The summed E-state index contributed by atoms with van der Waals surface area (Å²) in [4.78, 5) is 14.2. The lowest BCUT2D eigenvalue weighted by atomic mass is 10.1. The van der Waals surface area contributed by atoms with Gasteiger partial charge in [0, 0.05) is 10.9 Å². The van der Waals surface area contributed by atoms with Crippen LogP contribution in [0.3, 0.4) is 0 Å². The Kier molecular flexibility index (Phi) is 6.25. The molecule has 0 aliphatic heterocycles. The lowest BCUT2D eigenvalue weighted by Gasteiger charge is -2.20.